The quantitative estimate of drug-likeness (QED) is 0.569. The van der Waals surface area contributed by atoms with Crippen LogP contribution in [0.1, 0.15) is 37.0 Å². The fourth-order valence-corrected chi connectivity index (χ4v) is 3.77. The van der Waals surface area contributed by atoms with Gasteiger partial charge in [-0.15, -0.1) is 0 Å². The Hall–Kier alpha value is -3.61. The Bertz CT molecular complexity index is 1150. The first-order valence-electron chi connectivity index (χ1n) is 10.5. The largest absolute Gasteiger partial charge is 0.347 e. The van der Waals surface area contributed by atoms with E-state index in [9.17, 15) is 14.4 Å². The monoisotopic (exact) mass is 418 g/mol. The number of carbonyl (C=O) groups is 3. The summed E-state index contributed by atoms with van der Waals surface area (Å²) in [7, 11) is 0. The Balaban J connectivity index is 1.47. The minimum atomic E-state index is -0.949. The normalized spacial score (nSPS) is 15.9. The van der Waals surface area contributed by atoms with Crippen LogP contribution in [0.15, 0.2) is 54.7 Å². The number of nitrogens with zero attached hydrogens (tertiary/aromatic N) is 1. The van der Waals surface area contributed by atoms with Crippen molar-refractivity contribution in [1.82, 2.24) is 9.88 Å². The highest BCUT2D eigenvalue weighted by Gasteiger charge is 2.29. The zero-order valence-electron chi connectivity index (χ0n) is 17.6. The smallest absolute Gasteiger partial charge is 0.254 e. The minimum Gasteiger partial charge on any atom is -0.347 e. The molecule has 3 aromatic rings. The lowest BCUT2D eigenvalue weighted by Crippen LogP contribution is -2.43. The highest BCUT2D eigenvalue weighted by molar-refractivity contribution is 6.11. The molecule has 4 rings (SSSR count). The molecule has 0 saturated carbocycles. The van der Waals surface area contributed by atoms with Crippen molar-refractivity contribution in [1.29, 1.82) is 0 Å². The lowest BCUT2D eigenvalue weighted by atomic mass is 10.1. The van der Waals surface area contributed by atoms with Crippen molar-refractivity contribution in [2.75, 3.05) is 10.6 Å². The van der Waals surface area contributed by atoms with Crippen LogP contribution in [-0.4, -0.2) is 28.3 Å². The summed E-state index contributed by atoms with van der Waals surface area (Å²) in [4.78, 5) is 37.7. The molecule has 3 N–H and O–H groups in total. The van der Waals surface area contributed by atoms with Crippen molar-refractivity contribution >= 4 is 40.0 Å². The lowest BCUT2D eigenvalue weighted by molar-refractivity contribution is -0.122. The van der Waals surface area contributed by atoms with Gasteiger partial charge in [-0.3, -0.25) is 14.4 Å². The third kappa shape index (κ3) is 4.45. The van der Waals surface area contributed by atoms with Gasteiger partial charge in [-0.25, -0.2) is 0 Å². The number of fused-ring (bicyclic) bond motifs is 2. The third-order valence-corrected chi connectivity index (χ3v) is 5.48. The molecule has 0 fully saturated rings. The van der Waals surface area contributed by atoms with Gasteiger partial charge in [0.1, 0.15) is 6.04 Å². The Kier molecular flexibility index (Phi) is 5.75. The van der Waals surface area contributed by atoms with Gasteiger partial charge >= 0.3 is 0 Å². The maximum atomic E-state index is 12.7. The molecule has 0 bridgehead atoms. The highest BCUT2D eigenvalue weighted by atomic mass is 16.2. The zero-order valence-corrected chi connectivity index (χ0v) is 17.6. The van der Waals surface area contributed by atoms with Crippen LogP contribution in [0.5, 0.6) is 0 Å². The van der Waals surface area contributed by atoms with Gasteiger partial charge in [-0.1, -0.05) is 32.0 Å². The summed E-state index contributed by atoms with van der Waals surface area (Å²) >= 11 is 0. The number of rotatable bonds is 6. The van der Waals surface area contributed by atoms with Crippen molar-refractivity contribution in [3.63, 3.8) is 0 Å². The van der Waals surface area contributed by atoms with Crippen molar-refractivity contribution in [3.05, 3.63) is 60.3 Å². The molecule has 160 valence electrons. The number of aromatic nitrogens is 1. The van der Waals surface area contributed by atoms with Gasteiger partial charge in [-0.2, -0.15) is 0 Å². The Morgan fingerprint density at radius 2 is 1.90 bits per heavy atom. The molecule has 0 saturated heterocycles. The van der Waals surface area contributed by atoms with E-state index in [-0.39, 0.29) is 18.2 Å². The highest BCUT2D eigenvalue weighted by Crippen LogP contribution is 2.26. The maximum Gasteiger partial charge on any atom is 0.254 e. The number of hydrogen-bond donors (Lipinski definition) is 3. The second-order valence-electron chi connectivity index (χ2n) is 8.24. The SMILES string of the molecule is CC(C)CCn1ccc2c(NC(=O)CC3NC(=O)c4ccccc4NC3=O)cccc21. The third-order valence-electron chi connectivity index (χ3n) is 5.48. The molecule has 0 spiro atoms. The van der Waals surface area contributed by atoms with E-state index in [0.29, 0.717) is 22.9 Å². The van der Waals surface area contributed by atoms with Crippen LogP contribution in [0.25, 0.3) is 10.9 Å². The van der Waals surface area contributed by atoms with E-state index in [1.807, 2.05) is 30.5 Å². The molecular formula is C24H26N4O3. The van der Waals surface area contributed by atoms with Gasteiger partial charge in [0.25, 0.3) is 5.91 Å². The lowest BCUT2D eigenvalue weighted by Gasteiger charge is -2.15. The molecule has 2 heterocycles. The maximum absolute atomic E-state index is 12.7. The predicted octanol–water partition coefficient (Wildman–Crippen LogP) is 3.77. The van der Waals surface area contributed by atoms with Crippen LogP contribution in [0, 0.1) is 5.92 Å². The summed E-state index contributed by atoms with van der Waals surface area (Å²) in [6.45, 7) is 5.30. The molecule has 7 nitrogen and oxygen atoms in total. The first-order valence-corrected chi connectivity index (χ1v) is 10.5. The molecule has 0 aliphatic carbocycles. The minimum absolute atomic E-state index is 0.157. The van der Waals surface area contributed by atoms with E-state index in [2.05, 4.69) is 34.4 Å². The first kappa shape index (κ1) is 20.7. The molecule has 3 amide bonds. The summed E-state index contributed by atoms with van der Waals surface area (Å²) < 4.78 is 2.18. The Labute approximate surface area is 180 Å². The van der Waals surface area contributed by atoms with Gasteiger partial charge in [0.2, 0.25) is 11.8 Å². The molecule has 0 radical (unpaired) electrons. The fourth-order valence-electron chi connectivity index (χ4n) is 3.77. The number of amides is 3. The number of para-hydroxylation sites is 1. The number of nitrogens with one attached hydrogen (secondary N) is 3. The standard InChI is InChI=1S/C24H26N4O3/c1-15(2)10-12-28-13-11-16-18(8-5-9-21(16)28)25-22(29)14-20-24(31)26-19-7-4-3-6-17(19)23(30)27-20/h3-9,11,13,15,20H,10,12,14H2,1-2H3,(H,25,29)(H,26,31)(H,27,30). The van der Waals surface area contributed by atoms with Crippen molar-refractivity contribution in [2.24, 2.45) is 5.92 Å². The predicted molar refractivity (Wildman–Crippen MR) is 121 cm³/mol. The summed E-state index contributed by atoms with van der Waals surface area (Å²) in [5, 5.41) is 9.23. The van der Waals surface area contributed by atoms with E-state index >= 15 is 0 Å². The Morgan fingerprint density at radius 1 is 1.10 bits per heavy atom. The summed E-state index contributed by atoms with van der Waals surface area (Å²) in [5.41, 5.74) is 2.57. The molecule has 2 aromatic carbocycles. The van der Waals surface area contributed by atoms with E-state index in [1.165, 1.54) is 0 Å². The summed E-state index contributed by atoms with van der Waals surface area (Å²) in [5.74, 6) is -0.524. The van der Waals surface area contributed by atoms with Crippen molar-refractivity contribution in [2.45, 2.75) is 39.3 Å². The van der Waals surface area contributed by atoms with E-state index in [1.54, 1.807) is 24.3 Å². The van der Waals surface area contributed by atoms with Crippen LogP contribution >= 0.6 is 0 Å². The molecule has 7 heteroatoms. The Morgan fingerprint density at radius 3 is 2.71 bits per heavy atom. The average Bonchev–Trinajstić information content (AvgIpc) is 3.11. The van der Waals surface area contributed by atoms with Gasteiger partial charge in [0, 0.05) is 18.1 Å². The van der Waals surface area contributed by atoms with E-state index in [0.717, 1.165) is 23.9 Å². The molecule has 1 atom stereocenters. The van der Waals surface area contributed by atoms with E-state index in [4.69, 9.17) is 0 Å². The van der Waals surface area contributed by atoms with Crippen LogP contribution in [0.4, 0.5) is 11.4 Å². The molecule has 1 aliphatic heterocycles. The molecule has 31 heavy (non-hydrogen) atoms. The van der Waals surface area contributed by atoms with Crippen LogP contribution in [0.3, 0.4) is 0 Å². The molecule has 1 aromatic heterocycles. The number of hydrogen-bond acceptors (Lipinski definition) is 3. The van der Waals surface area contributed by atoms with Gasteiger partial charge in [0.05, 0.1) is 28.9 Å². The van der Waals surface area contributed by atoms with Crippen LogP contribution in [-0.2, 0) is 16.1 Å². The number of carbonyl (C=O) groups excluding carboxylic acids is 3. The fraction of sp³-hybridized carbons (Fsp3) is 0.292. The first-order chi connectivity index (χ1) is 14.9. The number of anilines is 2. The van der Waals surface area contributed by atoms with Gasteiger partial charge < -0.3 is 20.5 Å². The molecule has 1 aliphatic rings. The van der Waals surface area contributed by atoms with Crippen molar-refractivity contribution in [3.8, 4) is 0 Å². The topological polar surface area (TPSA) is 92.2 Å². The van der Waals surface area contributed by atoms with Crippen LogP contribution < -0.4 is 16.0 Å². The van der Waals surface area contributed by atoms with Gasteiger partial charge in [0.15, 0.2) is 0 Å². The number of aryl methyl sites for hydroxylation is 1. The van der Waals surface area contributed by atoms with Crippen molar-refractivity contribution < 1.29 is 14.4 Å². The summed E-state index contributed by atoms with van der Waals surface area (Å²) in [6, 6.07) is 13.6. The van der Waals surface area contributed by atoms with Crippen LogP contribution in [0.2, 0.25) is 0 Å². The second kappa shape index (κ2) is 8.63. The number of benzene rings is 2. The van der Waals surface area contributed by atoms with Gasteiger partial charge in [-0.05, 0) is 42.7 Å². The molecule has 1 unspecified atom stereocenters. The molecular weight excluding hydrogens is 392 g/mol. The summed E-state index contributed by atoms with van der Waals surface area (Å²) in [6.07, 6.45) is 2.94. The second-order valence-corrected chi connectivity index (χ2v) is 8.24. The van der Waals surface area contributed by atoms with E-state index < -0.39 is 11.9 Å². The average molecular weight is 418 g/mol. The zero-order chi connectivity index (χ0) is 22.0.